The molecule has 0 saturated heterocycles. The molecular weight excluding hydrogens is 225 g/mol. The number of para-hydroxylation sites is 1. The first-order valence-electron chi connectivity index (χ1n) is 6.34. The van der Waals surface area contributed by atoms with E-state index in [1.807, 2.05) is 12.1 Å². The normalized spacial score (nSPS) is 18.0. The lowest BCUT2D eigenvalue weighted by Crippen LogP contribution is -2.18. The van der Waals surface area contributed by atoms with E-state index >= 15 is 0 Å². The van der Waals surface area contributed by atoms with Gasteiger partial charge in [0.25, 0.3) is 0 Å². The minimum Gasteiger partial charge on any atom is -0.385 e. The molecule has 0 aromatic heterocycles. The third-order valence-corrected chi connectivity index (χ3v) is 3.69. The molecule has 1 aliphatic heterocycles. The first-order valence-corrected chi connectivity index (χ1v) is 6.34. The summed E-state index contributed by atoms with van der Waals surface area (Å²) >= 11 is 0. The Morgan fingerprint density at radius 3 is 2.67 bits per heavy atom. The van der Waals surface area contributed by atoms with Gasteiger partial charge >= 0.3 is 0 Å². The molecule has 2 aromatic rings. The third kappa shape index (κ3) is 1.88. The molecule has 0 fully saturated rings. The lowest BCUT2D eigenvalue weighted by molar-refractivity contribution is 0.625. The molecular formula is C16H16FN. The number of fused-ring (bicyclic) bond motifs is 1. The highest BCUT2D eigenvalue weighted by atomic mass is 19.1. The van der Waals surface area contributed by atoms with Gasteiger partial charge in [0, 0.05) is 18.2 Å². The van der Waals surface area contributed by atoms with Gasteiger partial charge < -0.3 is 5.32 Å². The average Bonchev–Trinajstić information content (AvgIpc) is 2.40. The number of halogens is 1. The number of nitrogens with one attached hydrogen (secondary N) is 1. The number of hydrogen-bond acceptors (Lipinski definition) is 1. The van der Waals surface area contributed by atoms with Crippen molar-refractivity contribution in [2.45, 2.75) is 19.3 Å². The van der Waals surface area contributed by atoms with Gasteiger partial charge in [0.15, 0.2) is 0 Å². The van der Waals surface area contributed by atoms with E-state index in [1.165, 1.54) is 22.4 Å². The Morgan fingerprint density at radius 2 is 1.89 bits per heavy atom. The number of aryl methyl sites for hydroxylation is 1. The minimum atomic E-state index is -0.169. The van der Waals surface area contributed by atoms with Crippen LogP contribution >= 0.6 is 0 Å². The quantitative estimate of drug-likeness (QED) is 0.793. The molecule has 0 saturated carbocycles. The fraction of sp³-hybridized carbons (Fsp3) is 0.250. The van der Waals surface area contributed by atoms with Gasteiger partial charge in [-0.1, -0.05) is 30.3 Å². The molecule has 0 bridgehead atoms. The van der Waals surface area contributed by atoms with Gasteiger partial charge in [-0.05, 0) is 42.2 Å². The fourth-order valence-electron chi connectivity index (χ4n) is 2.76. The van der Waals surface area contributed by atoms with Gasteiger partial charge in [-0.25, -0.2) is 4.39 Å². The van der Waals surface area contributed by atoms with Crippen molar-refractivity contribution in [2.75, 3.05) is 11.9 Å². The van der Waals surface area contributed by atoms with Crippen LogP contribution in [0.2, 0.25) is 0 Å². The van der Waals surface area contributed by atoms with Crippen LogP contribution in [0.15, 0.2) is 42.5 Å². The van der Waals surface area contributed by atoms with E-state index in [-0.39, 0.29) is 5.82 Å². The molecule has 92 valence electrons. The summed E-state index contributed by atoms with van der Waals surface area (Å²) in [7, 11) is 0. The highest BCUT2D eigenvalue weighted by Crippen LogP contribution is 2.37. The van der Waals surface area contributed by atoms with Gasteiger partial charge in [0.1, 0.15) is 5.82 Å². The van der Waals surface area contributed by atoms with Crippen LogP contribution in [-0.2, 0) is 0 Å². The molecule has 2 heteroatoms. The number of anilines is 1. The molecule has 2 aromatic carbocycles. The Morgan fingerprint density at radius 1 is 1.11 bits per heavy atom. The maximum Gasteiger partial charge on any atom is 0.123 e. The second-order valence-corrected chi connectivity index (χ2v) is 4.86. The van der Waals surface area contributed by atoms with E-state index in [9.17, 15) is 4.39 Å². The van der Waals surface area contributed by atoms with Crippen LogP contribution in [-0.4, -0.2) is 6.54 Å². The summed E-state index contributed by atoms with van der Waals surface area (Å²) in [5.41, 5.74) is 5.05. The second-order valence-electron chi connectivity index (χ2n) is 4.86. The maximum absolute atomic E-state index is 13.0. The van der Waals surface area contributed by atoms with E-state index in [4.69, 9.17) is 0 Å². The monoisotopic (exact) mass is 241 g/mol. The standard InChI is InChI=1S/C16H16FN/c1-11-3-2-4-15-14(9-10-18-16(11)15)12-5-7-13(17)8-6-12/h2-8,14,18H,9-10H2,1H3. The van der Waals surface area contributed by atoms with Crippen LogP contribution in [0.25, 0.3) is 0 Å². The van der Waals surface area contributed by atoms with Crippen molar-refractivity contribution in [3.05, 3.63) is 65.0 Å². The summed E-state index contributed by atoms with van der Waals surface area (Å²) in [6.07, 6.45) is 1.06. The molecule has 1 unspecified atom stereocenters. The Kier molecular flexibility index (Phi) is 2.78. The Labute approximate surface area is 107 Å². The van der Waals surface area contributed by atoms with E-state index in [2.05, 4.69) is 30.4 Å². The third-order valence-electron chi connectivity index (χ3n) is 3.69. The molecule has 0 aliphatic carbocycles. The van der Waals surface area contributed by atoms with E-state index in [0.29, 0.717) is 5.92 Å². The van der Waals surface area contributed by atoms with E-state index in [0.717, 1.165) is 13.0 Å². The fourth-order valence-corrected chi connectivity index (χ4v) is 2.76. The highest BCUT2D eigenvalue weighted by molar-refractivity contribution is 5.62. The van der Waals surface area contributed by atoms with Gasteiger partial charge in [0.2, 0.25) is 0 Å². The zero-order chi connectivity index (χ0) is 12.5. The topological polar surface area (TPSA) is 12.0 Å². The minimum absolute atomic E-state index is 0.169. The molecule has 1 heterocycles. The summed E-state index contributed by atoms with van der Waals surface area (Å²) in [5.74, 6) is 0.207. The van der Waals surface area contributed by atoms with Gasteiger partial charge in [-0.3, -0.25) is 0 Å². The predicted octanol–water partition coefficient (Wildman–Crippen LogP) is 4.08. The second kappa shape index (κ2) is 4.45. The largest absolute Gasteiger partial charge is 0.385 e. The molecule has 1 atom stereocenters. The van der Waals surface area contributed by atoms with E-state index < -0.39 is 0 Å². The van der Waals surface area contributed by atoms with Crippen molar-refractivity contribution >= 4 is 5.69 Å². The molecule has 1 N–H and O–H groups in total. The molecule has 3 rings (SSSR count). The Bertz CT molecular complexity index is 560. The first-order chi connectivity index (χ1) is 8.75. The van der Waals surface area contributed by atoms with Crippen LogP contribution < -0.4 is 5.32 Å². The molecule has 0 radical (unpaired) electrons. The maximum atomic E-state index is 13.0. The van der Waals surface area contributed by atoms with Gasteiger partial charge in [0.05, 0.1) is 0 Å². The van der Waals surface area contributed by atoms with Gasteiger partial charge in [-0.15, -0.1) is 0 Å². The summed E-state index contributed by atoms with van der Waals surface area (Å²) < 4.78 is 13.0. The molecule has 0 spiro atoms. The predicted molar refractivity (Wildman–Crippen MR) is 72.5 cm³/mol. The van der Waals surface area contributed by atoms with Crippen molar-refractivity contribution < 1.29 is 4.39 Å². The SMILES string of the molecule is Cc1cccc2c1NCCC2c1ccc(F)cc1. The molecule has 18 heavy (non-hydrogen) atoms. The highest BCUT2D eigenvalue weighted by Gasteiger charge is 2.22. The van der Waals surface area contributed by atoms with Crippen LogP contribution in [0, 0.1) is 12.7 Å². The first kappa shape index (κ1) is 11.3. The lowest BCUT2D eigenvalue weighted by Gasteiger charge is -2.28. The smallest absolute Gasteiger partial charge is 0.123 e. The number of rotatable bonds is 1. The molecule has 0 amide bonds. The molecule has 1 aliphatic rings. The number of benzene rings is 2. The summed E-state index contributed by atoms with van der Waals surface area (Å²) in [6, 6.07) is 13.3. The summed E-state index contributed by atoms with van der Waals surface area (Å²) in [6.45, 7) is 3.10. The van der Waals surface area contributed by atoms with Crippen molar-refractivity contribution in [1.29, 1.82) is 0 Å². The van der Waals surface area contributed by atoms with Gasteiger partial charge in [-0.2, -0.15) is 0 Å². The van der Waals surface area contributed by atoms with Crippen LogP contribution in [0.3, 0.4) is 0 Å². The van der Waals surface area contributed by atoms with E-state index in [1.54, 1.807) is 12.1 Å². The van der Waals surface area contributed by atoms with Crippen molar-refractivity contribution in [3.63, 3.8) is 0 Å². The van der Waals surface area contributed by atoms with Crippen molar-refractivity contribution in [2.24, 2.45) is 0 Å². The molecule has 1 nitrogen and oxygen atoms in total. The Hall–Kier alpha value is -1.83. The lowest BCUT2D eigenvalue weighted by atomic mass is 9.84. The van der Waals surface area contributed by atoms with Crippen LogP contribution in [0.4, 0.5) is 10.1 Å². The average molecular weight is 241 g/mol. The zero-order valence-corrected chi connectivity index (χ0v) is 10.4. The Balaban J connectivity index is 2.06. The van der Waals surface area contributed by atoms with Crippen molar-refractivity contribution in [3.8, 4) is 0 Å². The van der Waals surface area contributed by atoms with Crippen LogP contribution in [0.5, 0.6) is 0 Å². The summed E-state index contributed by atoms with van der Waals surface area (Å²) in [4.78, 5) is 0. The zero-order valence-electron chi connectivity index (χ0n) is 10.4. The van der Waals surface area contributed by atoms with Crippen LogP contribution in [0.1, 0.15) is 29.0 Å². The summed E-state index contributed by atoms with van der Waals surface area (Å²) in [5, 5.41) is 3.47. The number of hydrogen-bond donors (Lipinski definition) is 1. The van der Waals surface area contributed by atoms with Crippen molar-refractivity contribution in [1.82, 2.24) is 0 Å².